The first kappa shape index (κ1) is 13.1. The fraction of sp³-hybridized carbons (Fsp3) is 0.467. The zero-order chi connectivity index (χ0) is 13.1. The minimum Gasteiger partial charge on any atom is -0.367 e. The minimum absolute atomic E-state index is 0.155. The van der Waals surface area contributed by atoms with Crippen LogP contribution in [0.1, 0.15) is 31.9 Å². The molecule has 0 spiro atoms. The average molecular weight is 248 g/mol. The number of halogens is 1. The van der Waals surface area contributed by atoms with E-state index in [1.807, 2.05) is 13.1 Å². The molecule has 2 rings (SSSR count). The second-order valence-electron chi connectivity index (χ2n) is 4.97. The molecule has 98 valence electrons. The van der Waals surface area contributed by atoms with Gasteiger partial charge in [-0.25, -0.2) is 4.39 Å². The van der Waals surface area contributed by atoms with Gasteiger partial charge in [-0.3, -0.25) is 0 Å². The highest BCUT2D eigenvalue weighted by Gasteiger charge is 2.17. The second-order valence-corrected chi connectivity index (χ2v) is 4.97. The lowest BCUT2D eigenvalue weighted by Crippen LogP contribution is -2.31. The van der Waals surface area contributed by atoms with Gasteiger partial charge >= 0.3 is 0 Å². The number of rotatable bonds is 3. The number of nitrogens with one attached hydrogen (secondary N) is 1. The topological polar surface area (TPSA) is 15.3 Å². The Hall–Kier alpha value is -1.35. The molecule has 1 atom stereocenters. The lowest BCUT2D eigenvalue weighted by atomic mass is 10.0. The fourth-order valence-electron chi connectivity index (χ4n) is 2.43. The van der Waals surface area contributed by atoms with Gasteiger partial charge in [-0.1, -0.05) is 11.6 Å². The average Bonchev–Trinajstić information content (AvgIpc) is 2.37. The Kier molecular flexibility index (Phi) is 4.02. The van der Waals surface area contributed by atoms with Gasteiger partial charge in [0, 0.05) is 24.8 Å². The first-order valence-electron chi connectivity index (χ1n) is 6.49. The summed E-state index contributed by atoms with van der Waals surface area (Å²) < 4.78 is 13.4. The Morgan fingerprint density at radius 3 is 2.83 bits per heavy atom. The van der Waals surface area contributed by atoms with Gasteiger partial charge in [-0.2, -0.15) is 0 Å². The van der Waals surface area contributed by atoms with Crippen molar-refractivity contribution in [3.8, 4) is 0 Å². The predicted octanol–water partition coefficient (Wildman–Crippen LogP) is 3.26. The van der Waals surface area contributed by atoms with Crippen LogP contribution < -0.4 is 10.2 Å². The molecule has 1 aromatic rings. The highest BCUT2D eigenvalue weighted by molar-refractivity contribution is 5.56. The molecule has 0 saturated carbocycles. The summed E-state index contributed by atoms with van der Waals surface area (Å²) in [6, 6.07) is 5.25. The van der Waals surface area contributed by atoms with Crippen molar-refractivity contribution in [1.82, 2.24) is 5.32 Å². The van der Waals surface area contributed by atoms with Gasteiger partial charge in [0.2, 0.25) is 0 Å². The van der Waals surface area contributed by atoms with Gasteiger partial charge in [0.15, 0.2) is 0 Å². The summed E-state index contributed by atoms with van der Waals surface area (Å²) in [6.07, 6.45) is 3.35. The third-order valence-corrected chi connectivity index (χ3v) is 3.56. The Morgan fingerprint density at radius 2 is 2.17 bits per heavy atom. The van der Waals surface area contributed by atoms with Crippen molar-refractivity contribution >= 4 is 5.69 Å². The van der Waals surface area contributed by atoms with E-state index in [0.717, 1.165) is 30.8 Å². The van der Waals surface area contributed by atoms with Crippen LogP contribution in [-0.2, 0) is 0 Å². The Balaban J connectivity index is 2.34. The van der Waals surface area contributed by atoms with Crippen molar-refractivity contribution in [1.29, 1.82) is 0 Å². The standard InChI is InChI=1S/C15H21FN2/c1-11-5-4-8-18(10-11)15-7-6-13(16)9-14(15)12(2)17-3/h5-7,9,12,17H,4,8,10H2,1-3H3. The number of hydrogen-bond acceptors (Lipinski definition) is 2. The summed E-state index contributed by atoms with van der Waals surface area (Å²) in [5.74, 6) is -0.167. The van der Waals surface area contributed by atoms with Gasteiger partial charge in [0.05, 0.1) is 0 Å². The van der Waals surface area contributed by atoms with E-state index >= 15 is 0 Å². The monoisotopic (exact) mass is 248 g/mol. The van der Waals surface area contributed by atoms with Gasteiger partial charge in [0.1, 0.15) is 5.82 Å². The number of anilines is 1. The molecule has 2 nitrogen and oxygen atoms in total. The molecule has 0 aromatic heterocycles. The molecule has 18 heavy (non-hydrogen) atoms. The summed E-state index contributed by atoms with van der Waals surface area (Å²) in [4.78, 5) is 2.33. The molecule has 1 N–H and O–H groups in total. The first-order chi connectivity index (χ1) is 8.61. The van der Waals surface area contributed by atoms with Crippen LogP contribution in [0.3, 0.4) is 0 Å². The van der Waals surface area contributed by atoms with E-state index < -0.39 is 0 Å². The molecule has 0 bridgehead atoms. The molecule has 1 heterocycles. The molecule has 1 aliphatic rings. The van der Waals surface area contributed by atoms with Gasteiger partial charge in [-0.15, -0.1) is 0 Å². The SMILES string of the molecule is CNC(C)c1cc(F)ccc1N1CCC=C(C)C1. The molecule has 3 heteroatoms. The fourth-order valence-corrected chi connectivity index (χ4v) is 2.43. The van der Waals surface area contributed by atoms with Crippen LogP contribution in [0.4, 0.5) is 10.1 Å². The molecular formula is C15H21FN2. The van der Waals surface area contributed by atoms with Gasteiger partial charge < -0.3 is 10.2 Å². The summed E-state index contributed by atoms with van der Waals surface area (Å²) in [5, 5.41) is 3.19. The second kappa shape index (κ2) is 5.53. The van der Waals surface area contributed by atoms with Crippen molar-refractivity contribution in [3.63, 3.8) is 0 Å². The first-order valence-corrected chi connectivity index (χ1v) is 6.49. The van der Waals surface area contributed by atoms with Crippen molar-refractivity contribution in [3.05, 3.63) is 41.2 Å². The molecule has 0 saturated heterocycles. The summed E-state index contributed by atoms with van der Waals surface area (Å²) >= 11 is 0. The van der Waals surface area contributed by atoms with E-state index in [1.54, 1.807) is 12.1 Å². The third kappa shape index (κ3) is 2.72. The van der Waals surface area contributed by atoms with Crippen molar-refractivity contribution in [2.24, 2.45) is 0 Å². The number of hydrogen-bond donors (Lipinski definition) is 1. The zero-order valence-corrected chi connectivity index (χ0v) is 11.3. The lowest BCUT2D eigenvalue weighted by Gasteiger charge is -2.31. The molecule has 0 aliphatic carbocycles. The van der Waals surface area contributed by atoms with Crippen LogP contribution >= 0.6 is 0 Å². The van der Waals surface area contributed by atoms with Crippen LogP contribution in [0, 0.1) is 5.82 Å². The maximum atomic E-state index is 13.4. The molecule has 1 aromatic carbocycles. The van der Waals surface area contributed by atoms with Crippen molar-refractivity contribution in [2.75, 3.05) is 25.0 Å². The molecule has 0 amide bonds. The molecule has 0 radical (unpaired) electrons. The van der Waals surface area contributed by atoms with Crippen molar-refractivity contribution in [2.45, 2.75) is 26.3 Å². The van der Waals surface area contributed by atoms with Crippen LogP contribution in [-0.4, -0.2) is 20.1 Å². The molecule has 1 aliphatic heterocycles. The third-order valence-electron chi connectivity index (χ3n) is 3.56. The Bertz CT molecular complexity index is 454. The lowest BCUT2D eigenvalue weighted by molar-refractivity contribution is 0.606. The Morgan fingerprint density at radius 1 is 1.39 bits per heavy atom. The van der Waals surface area contributed by atoms with Crippen LogP contribution in [0.25, 0.3) is 0 Å². The highest BCUT2D eigenvalue weighted by atomic mass is 19.1. The summed E-state index contributed by atoms with van der Waals surface area (Å²) in [7, 11) is 1.90. The summed E-state index contributed by atoms with van der Waals surface area (Å²) in [6.45, 7) is 6.16. The van der Waals surface area contributed by atoms with Crippen LogP contribution in [0.5, 0.6) is 0 Å². The van der Waals surface area contributed by atoms with E-state index in [2.05, 4.69) is 30.1 Å². The molecule has 0 fully saturated rings. The summed E-state index contributed by atoms with van der Waals surface area (Å²) in [5.41, 5.74) is 3.56. The van der Waals surface area contributed by atoms with Crippen molar-refractivity contribution < 1.29 is 4.39 Å². The maximum Gasteiger partial charge on any atom is 0.123 e. The quantitative estimate of drug-likeness (QED) is 0.826. The van der Waals surface area contributed by atoms with Gasteiger partial charge in [0.25, 0.3) is 0 Å². The predicted molar refractivity (Wildman–Crippen MR) is 74.5 cm³/mol. The minimum atomic E-state index is -0.167. The molecule has 1 unspecified atom stereocenters. The van der Waals surface area contributed by atoms with E-state index in [-0.39, 0.29) is 11.9 Å². The number of nitrogens with zero attached hydrogens (tertiary/aromatic N) is 1. The smallest absolute Gasteiger partial charge is 0.123 e. The normalized spacial score (nSPS) is 17.6. The van der Waals surface area contributed by atoms with E-state index in [4.69, 9.17) is 0 Å². The highest BCUT2D eigenvalue weighted by Crippen LogP contribution is 2.29. The largest absolute Gasteiger partial charge is 0.367 e. The van der Waals surface area contributed by atoms with E-state index in [0.29, 0.717) is 0 Å². The Labute approximate surface area is 108 Å². The number of benzene rings is 1. The van der Waals surface area contributed by atoms with Crippen LogP contribution in [0.2, 0.25) is 0 Å². The van der Waals surface area contributed by atoms with Crippen LogP contribution in [0.15, 0.2) is 29.8 Å². The maximum absolute atomic E-state index is 13.4. The zero-order valence-electron chi connectivity index (χ0n) is 11.3. The van der Waals surface area contributed by atoms with Gasteiger partial charge in [-0.05, 0) is 51.1 Å². The van der Waals surface area contributed by atoms with E-state index in [9.17, 15) is 4.39 Å². The van der Waals surface area contributed by atoms with E-state index in [1.165, 1.54) is 5.57 Å². The molecular weight excluding hydrogens is 227 g/mol.